The van der Waals surface area contributed by atoms with Crippen LogP contribution in [-0.2, 0) is 4.79 Å². The first-order valence-corrected chi connectivity index (χ1v) is 6.26. The summed E-state index contributed by atoms with van der Waals surface area (Å²) in [4.78, 5) is 27.7. The molecule has 1 rings (SSSR count). The Bertz CT molecular complexity index is 474. The zero-order valence-electron chi connectivity index (χ0n) is 11.5. The molecule has 0 bridgehead atoms. The Balaban J connectivity index is 2.68. The third kappa shape index (κ3) is 4.24. The first kappa shape index (κ1) is 14.9. The normalized spacial score (nSPS) is 11.7. The summed E-state index contributed by atoms with van der Waals surface area (Å²) >= 11 is 0. The molecule has 104 valence electrons. The van der Waals surface area contributed by atoms with Gasteiger partial charge in [0.05, 0.1) is 23.1 Å². The van der Waals surface area contributed by atoms with Crippen molar-refractivity contribution in [3.63, 3.8) is 0 Å². The number of rotatable bonds is 5. The fraction of sp³-hybridized carbons (Fsp3) is 0.462. The van der Waals surface area contributed by atoms with Gasteiger partial charge in [0.1, 0.15) is 6.04 Å². The van der Waals surface area contributed by atoms with Crippen molar-refractivity contribution in [2.45, 2.75) is 33.2 Å². The van der Waals surface area contributed by atoms with Crippen molar-refractivity contribution in [3.05, 3.63) is 23.5 Å². The highest BCUT2D eigenvalue weighted by Crippen LogP contribution is 2.09. The number of nitrogens with one attached hydrogen (secondary N) is 2. The molecule has 0 aromatic carbocycles. The number of nitrogen functional groups attached to an aromatic ring is 1. The van der Waals surface area contributed by atoms with Gasteiger partial charge in [-0.2, -0.15) is 0 Å². The average Bonchev–Trinajstić information content (AvgIpc) is 2.38. The predicted octanol–water partition coefficient (Wildman–Crippen LogP) is 0.617. The van der Waals surface area contributed by atoms with Crippen LogP contribution >= 0.6 is 0 Å². The molecule has 1 unspecified atom stereocenters. The fourth-order valence-corrected chi connectivity index (χ4v) is 1.52. The highest BCUT2D eigenvalue weighted by Gasteiger charge is 2.17. The summed E-state index contributed by atoms with van der Waals surface area (Å²) < 4.78 is 0. The minimum atomic E-state index is -0.597. The zero-order valence-corrected chi connectivity index (χ0v) is 11.5. The molecule has 1 heterocycles. The van der Waals surface area contributed by atoms with Crippen LogP contribution in [0.25, 0.3) is 0 Å². The maximum Gasteiger partial charge on any atom is 0.253 e. The lowest BCUT2D eigenvalue weighted by molar-refractivity contribution is -0.122. The van der Waals surface area contributed by atoms with Gasteiger partial charge in [-0.1, -0.05) is 6.92 Å². The van der Waals surface area contributed by atoms with Crippen LogP contribution < -0.4 is 16.4 Å². The average molecular weight is 264 g/mol. The Morgan fingerprint density at radius 2 is 2.16 bits per heavy atom. The standard InChI is InChI=1S/C13H20N4O2/c1-4-5-15-12(18)9(3)17-13(19)11-6-10(14)7-16-8(11)2/h6-7,9H,4-5,14H2,1-3H3,(H,15,18)(H,17,19). The fourth-order valence-electron chi connectivity index (χ4n) is 1.52. The SMILES string of the molecule is CCCNC(=O)C(C)NC(=O)c1cc(N)cnc1C. The van der Waals surface area contributed by atoms with Crippen LogP contribution in [-0.4, -0.2) is 29.4 Å². The minimum Gasteiger partial charge on any atom is -0.397 e. The Hall–Kier alpha value is -2.11. The first-order valence-electron chi connectivity index (χ1n) is 6.26. The minimum absolute atomic E-state index is 0.204. The van der Waals surface area contributed by atoms with Gasteiger partial charge in [0.25, 0.3) is 5.91 Å². The van der Waals surface area contributed by atoms with Gasteiger partial charge in [-0.25, -0.2) is 0 Å². The molecule has 0 saturated heterocycles. The van der Waals surface area contributed by atoms with Crippen molar-refractivity contribution in [2.75, 3.05) is 12.3 Å². The van der Waals surface area contributed by atoms with Crippen LogP contribution in [0, 0.1) is 6.92 Å². The van der Waals surface area contributed by atoms with E-state index in [1.165, 1.54) is 6.20 Å². The summed E-state index contributed by atoms with van der Waals surface area (Å²) in [5.74, 6) is -0.554. The number of hydrogen-bond donors (Lipinski definition) is 3. The Morgan fingerprint density at radius 3 is 2.79 bits per heavy atom. The second-order valence-electron chi connectivity index (χ2n) is 4.39. The summed E-state index contributed by atoms with van der Waals surface area (Å²) in [6.45, 7) is 5.91. The molecule has 0 spiro atoms. The van der Waals surface area contributed by atoms with E-state index in [1.54, 1.807) is 19.9 Å². The van der Waals surface area contributed by atoms with Crippen molar-refractivity contribution >= 4 is 17.5 Å². The molecule has 0 saturated carbocycles. The van der Waals surface area contributed by atoms with Gasteiger partial charge in [0.2, 0.25) is 5.91 Å². The quantitative estimate of drug-likeness (QED) is 0.726. The predicted molar refractivity (Wildman–Crippen MR) is 73.6 cm³/mol. The Kier molecular flexibility index (Phi) is 5.29. The van der Waals surface area contributed by atoms with Crippen LogP contribution in [0.5, 0.6) is 0 Å². The molecule has 1 aromatic heterocycles. The summed E-state index contributed by atoms with van der Waals surface area (Å²) in [5.41, 5.74) is 6.98. The van der Waals surface area contributed by atoms with Crippen LogP contribution in [0.4, 0.5) is 5.69 Å². The summed E-state index contributed by atoms with van der Waals surface area (Å²) in [5, 5.41) is 5.35. The van der Waals surface area contributed by atoms with E-state index in [2.05, 4.69) is 15.6 Å². The number of aromatic nitrogens is 1. The topological polar surface area (TPSA) is 97.1 Å². The first-order chi connectivity index (χ1) is 8.95. The second-order valence-corrected chi connectivity index (χ2v) is 4.39. The van der Waals surface area contributed by atoms with Gasteiger partial charge in [0, 0.05) is 6.54 Å². The Labute approximate surface area is 112 Å². The molecule has 0 aliphatic carbocycles. The Morgan fingerprint density at radius 1 is 1.47 bits per heavy atom. The van der Waals surface area contributed by atoms with E-state index < -0.39 is 6.04 Å². The van der Waals surface area contributed by atoms with E-state index in [0.717, 1.165) is 6.42 Å². The molecular formula is C13H20N4O2. The largest absolute Gasteiger partial charge is 0.397 e. The summed E-state index contributed by atoms with van der Waals surface area (Å²) in [6.07, 6.45) is 2.34. The monoisotopic (exact) mass is 264 g/mol. The molecule has 0 aliphatic heterocycles. The molecule has 1 aromatic rings. The van der Waals surface area contributed by atoms with Crippen LogP contribution in [0.3, 0.4) is 0 Å². The smallest absolute Gasteiger partial charge is 0.253 e. The van der Waals surface area contributed by atoms with E-state index in [0.29, 0.717) is 23.5 Å². The van der Waals surface area contributed by atoms with E-state index in [9.17, 15) is 9.59 Å². The molecule has 6 heteroatoms. The van der Waals surface area contributed by atoms with Crippen LogP contribution in [0.1, 0.15) is 36.3 Å². The van der Waals surface area contributed by atoms with E-state index in [4.69, 9.17) is 5.73 Å². The van der Waals surface area contributed by atoms with Crippen molar-refractivity contribution < 1.29 is 9.59 Å². The third-order valence-electron chi connectivity index (χ3n) is 2.64. The van der Waals surface area contributed by atoms with E-state index in [-0.39, 0.29) is 11.8 Å². The van der Waals surface area contributed by atoms with Gasteiger partial charge in [-0.15, -0.1) is 0 Å². The lowest BCUT2D eigenvalue weighted by atomic mass is 10.1. The summed E-state index contributed by atoms with van der Waals surface area (Å²) in [6, 6.07) is 0.953. The number of carbonyl (C=O) groups is 2. The zero-order chi connectivity index (χ0) is 14.4. The molecule has 19 heavy (non-hydrogen) atoms. The van der Waals surface area contributed by atoms with Gasteiger partial charge in [-0.05, 0) is 26.3 Å². The number of nitrogens with zero attached hydrogens (tertiary/aromatic N) is 1. The molecule has 2 amide bonds. The van der Waals surface area contributed by atoms with Gasteiger partial charge in [-0.3, -0.25) is 14.6 Å². The third-order valence-corrected chi connectivity index (χ3v) is 2.64. The molecule has 0 fully saturated rings. The number of hydrogen-bond acceptors (Lipinski definition) is 4. The number of amides is 2. The van der Waals surface area contributed by atoms with Crippen molar-refractivity contribution in [3.8, 4) is 0 Å². The maximum absolute atomic E-state index is 12.0. The van der Waals surface area contributed by atoms with Crippen LogP contribution in [0.2, 0.25) is 0 Å². The maximum atomic E-state index is 12.0. The number of anilines is 1. The number of nitrogens with two attached hydrogens (primary N) is 1. The molecule has 0 aliphatic rings. The summed E-state index contributed by atoms with van der Waals surface area (Å²) in [7, 11) is 0. The van der Waals surface area contributed by atoms with Crippen molar-refractivity contribution in [2.24, 2.45) is 0 Å². The second kappa shape index (κ2) is 6.72. The molecule has 4 N–H and O–H groups in total. The van der Waals surface area contributed by atoms with Gasteiger partial charge in [0.15, 0.2) is 0 Å². The number of carbonyl (C=O) groups excluding carboxylic acids is 2. The van der Waals surface area contributed by atoms with Crippen LogP contribution in [0.15, 0.2) is 12.3 Å². The number of pyridine rings is 1. The lowest BCUT2D eigenvalue weighted by Crippen LogP contribution is -2.45. The lowest BCUT2D eigenvalue weighted by Gasteiger charge is -2.14. The molecule has 0 radical (unpaired) electrons. The molecular weight excluding hydrogens is 244 g/mol. The van der Waals surface area contributed by atoms with Crippen molar-refractivity contribution in [1.29, 1.82) is 0 Å². The van der Waals surface area contributed by atoms with Gasteiger partial charge < -0.3 is 16.4 Å². The van der Waals surface area contributed by atoms with E-state index in [1.807, 2.05) is 6.92 Å². The number of aryl methyl sites for hydroxylation is 1. The van der Waals surface area contributed by atoms with Crippen molar-refractivity contribution in [1.82, 2.24) is 15.6 Å². The molecule has 1 atom stereocenters. The van der Waals surface area contributed by atoms with Gasteiger partial charge >= 0.3 is 0 Å². The van der Waals surface area contributed by atoms with E-state index >= 15 is 0 Å². The highest BCUT2D eigenvalue weighted by atomic mass is 16.2. The molecule has 6 nitrogen and oxygen atoms in total. The highest BCUT2D eigenvalue weighted by molar-refractivity contribution is 5.98.